The lowest BCUT2D eigenvalue weighted by molar-refractivity contribution is 0.414. The summed E-state index contributed by atoms with van der Waals surface area (Å²) < 4.78 is 1.34. The molecule has 2 heteroatoms. The molecule has 0 amide bonds. The second-order valence-electron chi connectivity index (χ2n) is 5.77. The van der Waals surface area contributed by atoms with Gasteiger partial charge in [0.25, 0.3) is 0 Å². The highest BCUT2D eigenvalue weighted by molar-refractivity contribution is 14.1. The summed E-state index contributed by atoms with van der Waals surface area (Å²) in [5.41, 5.74) is 4.41. The highest BCUT2D eigenvalue weighted by atomic mass is 127. The number of benzene rings is 2. The van der Waals surface area contributed by atoms with Crippen LogP contribution < -0.4 is 5.32 Å². The van der Waals surface area contributed by atoms with Crippen LogP contribution in [0.2, 0.25) is 0 Å². The molecule has 0 saturated heterocycles. The molecule has 110 valence electrons. The summed E-state index contributed by atoms with van der Waals surface area (Å²) in [5.74, 6) is 0.767. The van der Waals surface area contributed by atoms with Crippen molar-refractivity contribution < 1.29 is 0 Å². The first-order chi connectivity index (χ1) is 10.3. The van der Waals surface area contributed by atoms with Crippen LogP contribution in [0.1, 0.15) is 54.8 Å². The van der Waals surface area contributed by atoms with Gasteiger partial charge in [0.05, 0.1) is 6.04 Å². The minimum absolute atomic E-state index is 0.305. The Bertz CT molecular complexity index is 604. The fourth-order valence-electron chi connectivity index (χ4n) is 3.17. The molecule has 1 saturated carbocycles. The Labute approximate surface area is 141 Å². The molecule has 0 spiro atoms. The van der Waals surface area contributed by atoms with Crippen LogP contribution in [-0.2, 0) is 0 Å². The third-order valence-corrected chi connectivity index (χ3v) is 5.46. The topological polar surface area (TPSA) is 12.0 Å². The maximum atomic E-state index is 3.69. The van der Waals surface area contributed by atoms with Gasteiger partial charge in [-0.25, -0.2) is 0 Å². The Balaban J connectivity index is 2.03. The van der Waals surface area contributed by atoms with Gasteiger partial charge in [0.2, 0.25) is 0 Å². The van der Waals surface area contributed by atoms with E-state index in [9.17, 15) is 0 Å². The molecule has 1 unspecified atom stereocenters. The molecule has 1 aliphatic carbocycles. The number of halogens is 1. The van der Waals surface area contributed by atoms with Crippen molar-refractivity contribution >= 4 is 22.6 Å². The standard InChI is InChI=1S/C19H22IN/c1-2-21-19(17-12-5-6-13-18(17)20)16-11-4-3-10-15(16)14-8-7-9-14/h3-6,10-14,19,21H,2,7-9H2,1H3. The number of hydrogen-bond acceptors (Lipinski definition) is 1. The summed E-state index contributed by atoms with van der Waals surface area (Å²) in [6.45, 7) is 3.17. The van der Waals surface area contributed by atoms with Crippen molar-refractivity contribution in [1.82, 2.24) is 5.32 Å². The van der Waals surface area contributed by atoms with Crippen molar-refractivity contribution in [2.45, 2.75) is 38.1 Å². The third kappa shape index (κ3) is 3.16. The lowest BCUT2D eigenvalue weighted by atomic mass is 9.76. The summed E-state index contributed by atoms with van der Waals surface area (Å²) >= 11 is 2.45. The SMILES string of the molecule is CCNC(c1ccccc1I)c1ccccc1C1CCC1. The summed E-state index contributed by atoms with van der Waals surface area (Å²) in [5, 5.41) is 3.69. The lowest BCUT2D eigenvalue weighted by Gasteiger charge is -2.31. The fraction of sp³-hybridized carbons (Fsp3) is 0.368. The summed E-state index contributed by atoms with van der Waals surface area (Å²) in [6.07, 6.45) is 4.08. The number of nitrogens with one attached hydrogen (secondary N) is 1. The largest absolute Gasteiger partial charge is 0.306 e. The minimum Gasteiger partial charge on any atom is -0.306 e. The van der Waals surface area contributed by atoms with E-state index in [4.69, 9.17) is 0 Å². The van der Waals surface area contributed by atoms with E-state index in [1.807, 2.05) is 0 Å². The van der Waals surface area contributed by atoms with Crippen LogP contribution in [0.4, 0.5) is 0 Å². The average Bonchev–Trinajstić information content (AvgIpc) is 2.45. The van der Waals surface area contributed by atoms with E-state index in [0.717, 1.165) is 12.5 Å². The highest BCUT2D eigenvalue weighted by Gasteiger charge is 2.25. The molecule has 2 aromatic carbocycles. The zero-order chi connectivity index (χ0) is 14.7. The Kier molecular flexibility index (Phi) is 4.96. The zero-order valence-corrected chi connectivity index (χ0v) is 14.6. The van der Waals surface area contributed by atoms with Gasteiger partial charge in [-0.1, -0.05) is 55.8 Å². The predicted octanol–water partition coefficient (Wildman–Crippen LogP) is 5.26. The Hall–Kier alpha value is -0.870. The average molecular weight is 391 g/mol. The van der Waals surface area contributed by atoms with E-state index in [1.54, 1.807) is 5.56 Å². The second-order valence-corrected chi connectivity index (χ2v) is 6.93. The smallest absolute Gasteiger partial charge is 0.0589 e. The van der Waals surface area contributed by atoms with Gasteiger partial charge in [-0.15, -0.1) is 0 Å². The van der Waals surface area contributed by atoms with Crippen LogP contribution in [0.3, 0.4) is 0 Å². The van der Waals surface area contributed by atoms with Crippen molar-refractivity contribution in [1.29, 1.82) is 0 Å². The van der Waals surface area contributed by atoms with Crippen LogP contribution >= 0.6 is 22.6 Å². The summed E-state index contributed by atoms with van der Waals surface area (Å²) in [4.78, 5) is 0. The van der Waals surface area contributed by atoms with Gasteiger partial charge in [-0.05, 0) is 70.7 Å². The molecule has 21 heavy (non-hydrogen) atoms. The van der Waals surface area contributed by atoms with E-state index in [0.29, 0.717) is 6.04 Å². The van der Waals surface area contributed by atoms with Crippen LogP contribution in [0.25, 0.3) is 0 Å². The van der Waals surface area contributed by atoms with Crippen molar-refractivity contribution in [3.05, 3.63) is 68.8 Å². The molecule has 3 rings (SSSR count). The molecule has 0 aliphatic heterocycles. The van der Waals surface area contributed by atoms with Crippen molar-refractivity contribution in [2.75, 3.05) is 6.54 Å². The molecule has 1 atom stereocenters. The summed E-state index contributed by atoms with van der Waals surface area (Å²) in [6, 6.07) is 18.0. The molecule has 0 radical (unpaired) electrons. The third-order valence-electron chi connectivity index (χ3n) is 4.48. The Morgan fingerprint density at radius 2 is 1.71 bits per heavy atom. The van der Waals surface area contributed by atoms with Crippen LogP contribution in [0, 0.1) is 3.57 Å². The Morgan fingerprint density at radius 1 is 1.05 bits per heavy atom. The maximum absolute atomic E-state index is 3.69. The first-order valence-corrected chi connectivity index (χ1v) is 8.95. The monoisotopic (exact) mass is 391 g/mol. The zero-order valence-electron chi connectivity index (χ0n) is 12.5. The van der Waals surface area contributed by atoms with Gasteiger partial charge in [-0.2, -0.15) is 0 Å². The molecule has 1 fully saturated rings. The predicted molar refractivity (Wildman–Crippen MR) is 97.7 cm³/mol. The fourth-order valence-corrected chi connectivity index (χ4v) is 3.86. The van der Waals surface area contributed by atoms with E-state index >= 15 is 0 Å². The quantitative estimate of drug-likeness (QED) is 0.686. The first kappa shape index (κ1) is 15.0. The van der Waals surface area contributed by atoms with Crippen LogP contribution in [0.5, 0.6) is 0 Å². The van der Waals surface area contributed by atoms with Gasteiger partial charge < -0.3 is 5.32 Å². The lowest BCUT2D eigenvalue weighted by Crippen LogP contribution is -2.25. The van der Waals surface area contributed by atoms with Crippen molar-refractivity contribution in [3.63, 3.8) is 0 Å². The normalized spacial score (nSPS) is 16.5. The Morgan fingerprint density at radius 3 is 2.33 bits per heavy atom. The second kappa shape index (κ2) is 6.93. The van der Waals surface area contributed by atoms with Gasteiger partial charge in [-0.3, -0.25) is 0 Å². The van der Waals surface area contributed by atoms with Crippen molar-refractivity contribution in [3.8, 4) is 0 Å². The van der Waals surface area contributed by atoms with Crippen LogP contribution in [0.15, 0.2) is 48.5 Å². The summed E-state index contributed by atoms with van der Waals surface area (Å²) in [7, 11) is 0. The van der Waals surface area contributed by atoms with Gasteiger partial charge in [0.1, 0.15) is 0 Å². The molecule has 2 aromatic rings. The van der Waals surface area contributed by atoms with E-state index < -0.39 is 0 Å². The number of rotatable bonds is 5. The molecule has 1 nitrogen and oxygen atoms in total. The highest BCUT2D eigenvalue weighted by Crippen LogP contribution is 2.41. The first-order valence-electron chi connectivity index (χ1n) is 7.88. The van der Waals surface area contributed by atoms with E-state index in [-0.39, 0.29) is 0 Å². The van der Waals surface area contributed by atoms with E-state index in [1.165, 1.54) is 34.0 Å². The maximum Gasteiger partial charge on any atom is 0.0589 e. The molecule has 1 aliphatic rings. The molecular weight excluding hydrogens is 369 g/mol. The van der Waals surface area contributed by atoms with E-state index in [2.05, 4.69) is 83.4 Å². The van der Waals surface area contributed by atoms with Gasteiger partial charge >= 0.3 is 0 Å². The molecule has 1 N–H and O–H groups in total. The number of hydrogen-bond donors (Lipinski definition) is 1. The van der Waals surface area contributed by atoms with Gasteiger partial charge in [0.15, 0.2) is 0 Å². The van der Waals surface area contributed by atoms with Crippen molar-refractivity contribution in [2.24, 2.45) is 0 Å². The molecule has 0 heterocycles. The molecular formula is C19H22IN. The molecule has 0 aromatic heterocycles. The van der Waals surface area contributed by atoms with Gasteiger partial charge in [0, 0.05) is 3.57 Å². The molecule has 0 bridgehead atoms. The minimum atomic E-state index is 0.305. The van der Waals surface area contributed by atoms with Crippen LogP contribution in [-0.4, -0.2) is 6.54 Å².